The number of nitrogens with one attached hydrogen (secondary N) is 1. The molecule has 1 amide bonds. The first kappa shape index (κ1) is 21.4. The third-order valence-corrected chi connectivity index (χ3v) is 5.68. The van der Waals surface area contributed by atoms with E-state index >= 15 is 0 Å². The minimum absolute atomic E-state index is 0.0322. The van der Waals surface area contributed by atoms with Crippen LogP contribution < -0.4 is 11.1 Å². The lowest BCUT2D eigenvalue weighted by atomic mass is 10.1. The van der Waals surface area contributed by atoms with Gasteiger partial charge < -0.3 is 15.5 Å². The highest BCUT2D eigenvalue weighted by atomic mass is 35.5. The zero-order valence-corrected chi connectivity index (χ0v) is 17.7. The Morgan fingerprint density at radius 3 is 2.41 bits per heavy atom. The number of amides is 1. The fraction of sp³-hybridized carbons (Fsp3) is 0. The van der Waals surface area contributed by atoms with Gasteiger partial charge in [-0.25, -0.2) is 0 Å². The number of pyridine rings is 1. The highest BCUT2D eigenvalue weighted by Gasteiger charge is 2.27. The first-order valence-electron chi connectivity index (χ1n) is 9.22. The molecule has 2 heterocycles. The molecule has 10 heteroatoms. The maximum absolute atomic E-state index is 13.2. The van der Waals surface area contributed by atoms with E-state index in [-0.39, 0.29) is 38.2 Å². The number of nitro benzene ring substituents is 1. The molecule has 2 aromatic carbocycles. The molecule has 160 valence electrons. The van der Waals surface area contributed by atoms with Gasteiger partial charge in [0.05, 0.1) is 37.4 Å². The van der Waals surface area contributed by atoms with Crippen molar-refractivity contribution in [3.63, 3.8) is 0 Å². The summed E-state index contributed by atoms with van der Waals surface area (Å²) in [5, 5.41) is 14.0. The standard InChI is InChI=1S/C22H14Cl2N4O4/c23-14-4-3-5-15(18(14)24)26-22(30)17-16-6-1-2-11-27(16)20(19(17)25)21(29)12-7-9-13(10-8-12)28(31)32/h1-11H,25H2,(H,26,30). The average Bonchev–Trinajstić information content (AvgIpc) is 3.08. The summed E-state index contributed by atoms with van der Waals surface area (Å²) in [6, 6.07) is 15.0. The number of hydrogen-bond donors (Lipinski definition) is 2. The van der Waals surface area contributed by atoms with E-state index in [1.54, 1.807) is 42.6 Å². The van der Waals surface area contributed by atoms with Crippen molar-refractivity contribution in [2.45, 2.75) is 0 Å². The molecule has 0 aliphatic rings. The Morgan fingerprint density at radius 1 is 1.00 bits per heavy atom. The number of benzene rings is 2. The highest BCUT2D eigenvalue weighted by Crippen LogP contribution is 2.33. The number of nitrogens with two attached hydrogens (primary N) is 1. The predicted octanol–water partition coefficient (Wildman–Crippen LogP) is 5.22. The molecule has 8 nitrogen and oxygen atoms in total. The molecule has 0 bridgehead atoms. The summed E-state index contributed by atoms with van der Waals surface area (Å²) >= 11 is 12.2. The number of fused-ring (bicyclic) bond motifs is 1. The Hall–Kier alpha value is -3.88. The van der Waals surface area contributed by atoms with Gasteiger partial charge in [-0.2, -0.15) is 0 Å². The Morgan fingerprint density at radius 2 is 1.72 bits per heavy atom. The maximum atomic E-state index is 13.2. The van der Waals surface area contributed by atoms with E-state index in [1.165, 1.54) is 28.7 Å². The molecular weight excluding hydrogens is 455 g/mol. The second-order valence-corrected chi connectivity index (χ2v) is 7.57. The monoisotopic (exact) mass is 468 g/mol. The molecule has 0 saturated carbocycles. The lowest BCUT2D eigenvalue weighted by Gasteiger charge is -2.08. The molecule has 0 unspecified atom stereocenters. The second kappa shape index (κ2) is 8.33. The van der Waals surface area contributed by atoms with Crippen molar-refractivity contribution in [1.29, 1.82) is 0 Å². The van der Waals surface area contributed by atoms with Gasteiger partial charge >= 0.3 is 0 Å². The van der Waals surface area contributed by atoms with Crippen molar-refractivity contribution in [1.82, 2.24) is 4.40 Å². The van der Waals surface area contributed by atoms with E-state index in [1.807, 2.05) is 0 Å². The highest BCUT2D eigenvalue weighted by molar-refractivity contribution is 6.44. The minimum atomic E-state index is -0.571. The summed E-state index contributed by atoms with van der Waals surface area (Å²) in [4.78, 5) is 36.7. The number of carbonyl (C=O) groups excluding carboxylic acids is 2. The lowest BCUT2D eigenvalue weighted by molar-refractivity contribution is -0.384. The van der Waals surface area contributed by atoms with Crippen LogP contribution in [0.4, 0.5) is 17.1 Å². The normalized spacial score (nSPS) is 10.8. The van der Waals surface area contributed by atoms with Gasteiger partial charge in [-0.05, 0) is 36.4 Å². The van der Waals surface area contributed by atoms with Gasteiger partial charge in [0, 0.05) is 23.9 Å². The van der Waals surface area contributed by atoms with Gasteiger partial charge in [-0.1, -0.05) is 35.3 Å². The molecule has 32 heavy (non-hydrogen) atoms. The number of nitrogen functional groups attached to an aromatic ring is 1. The van der Waals surface area contributed by atoms with Crippen LogP contribution in [0.15, 0.2) is 66.9 Å². The number of nitro groups is 1. The van der Waals surface area contributed by atoms with Crippen molar-refractivity contribution in [3.8, 4) is 0 Å². The molecule has 4 aromatic rings. The van der Waals surface area contributed by atoms with Gasteiger partial charge in [0.2, 0.25) is 5.78 Å². The fourth-order valence-electron chi connectivity index (χ4n) is 3.35. The summed E-state index contributed by atoms with van der Waals surface area (Å²) < 4.78 is 1.51. The Bertz CT molecular complexity index is 1400. The SMILES string of the molecule is Nc1c(C(=O)Nc2cccc(Cl)c2Cl)c2ccccn2c1C(=O)c1ccc([N+](=O)[O-])cc1. The van der Waals surface area contributed by atoms with Gasteiger partial charge in [-0.3, -0.25) is 19.7 Å². The van der Waals surface area contributed by atoms with Gasteiger partial charge in [-0.15, -0.1) is 0 Å². The van der Waals surface area contributed by atoms with E-state index in [4.69, 9.17) is 28.9 Å². The molecule has 2 aromatic heterocycles. The van der Waals surface area contributed by atoms with Crippen LogP contribution in [-0.2, 0) is 0 Å². The average molecular weight is 469 g/mol. The number of ketones is 1. The van der Waals surface area contributed by atoms with E-state index in [2.05, 4.69) is 5.32 Å². The predicted molar refractivity (Wildman–Crippen MR) is 123 cm³/mol. The van der Waals surface area contributed by atoms with Crippen molar-refractivity contribution >= 4 is 57.5 Å². The van der Waals surface area contributed by atoms with Crippen LogP contribution in [0.2, 0.25) is 10.0 Å². The zero-order chi connectivity index (χ0) is 23.0. The smallest absolute Gasteiger partial charge is 0.269 e. The maximum Gasteiger partial charge on any atom is 0.269 e. The number of non-ortho nitro benzene ring substituents is 1. The van der Waals surface area contributed by atoms with Crippen molar-refractivity contribution in [3.05, 3.63) is 104 Å². The van der Waals surface area contributed by atoms with Crippen molar-refractivity contribution < 1.29 is 14.5 Å². The largest absolute Gasteiger partial charge is 0.396 e. The molecule has 0 aliphatic carbocycles. The van der Waals surface area contributed by atoms with Crippen LogP contribution in [0.3, 0.4) is 0 Å². The molecule has 0 spiro atoms. The molecule has 4 rings (SSSR count). The first-order valence-corrected chi connectivity index (χ1v) is 9.98. The van der Waals surface area contributed by atoms with E-state index in [0.717, 1.165) is 0 Å². The number of hydrogen-bond acceptors (Lipinski definition) is 5. The Balaban J connectivity index is 1.80. The van der Waals surface area contributed by atoms with Crippen molar-refractivity contribution in [2.24, 2.45) is 0 Å². The topological polar surface area (TPSA) is 120 Å². The second-order valence-electron chi connectivity index (χ2n) is 6.78. The van der Waals surface area contributed by atoms with E-state index in [0.29, 0.717) is 11.2 Å². The third-order valence-electron chi connectivity index (χ3n) is 4.86. The quantitative estimate of drug-likeness (QED) is 0.236. The molecule has 0 fully saturated rings. The van der Waals surface area contributed by atoms with E-state index in [9.17, 15) is 19.7 Å². The van der Waals surface area contributed by atoms with Crippen LogP contribution in [-0.4, -0.2) is 21.0 Å². The van der Waals surface area contributed by atoms with Crippen LogP contribution in [0.5, 0.6) is 0 Å². The number of anilines is 2. The third kappa shape index (κ3) is 3.66. The van der Waals surface area contributed by atoms with Crippen LogP contribution in [0.25, 0.3) is 5.52 Å². The number of nitrogens with zero attached hydrogens (tertiary/aromatic N) is 2. The fourth-order valence-corrected chi connectivity index (χ4v) is 3.70. The van der Waals surface area contributed by atoms with Crippen LogP contribution >= 0.6 is 23.2 Å². The first-order chi connectivity index (χ1) is 15.3. The van der Waals surface area contributed by atoms with Gasteiger partial charge in [0.15, 0.2) is 0 Å². The summed E-state index contributed by atoms with van der Waals surface area (Å²) in [5.41, 5.74) is 7.16. The lowest BCUT2D eigenvalue weighted by Crippen LogP contribution is -2.14. The molecule has 0 aliphatic heterocycles. The van der Waals surface area contributed by atoms with Gasteiger partial charge in [0.25, 0.3) is 11.6 Å². The van der Waals surface area contributed by atoms with Crippen LogP contribution in [0, 0.1) is 10.1 Å². The number of rotatable bonds is 5. The van der Waals surface area contributed by atoms with Crippen molar-refractivity contribution in [2.75, 3.05) is 11.1 Å². The molecular formula is C22H14Cl2N4O4. The summed E-state index contributed by atoms with van der Waals surface area (Å²) in [5.74, 6) is -1.06. The molecule has 3 N–H and O–H groups in total. The van der Waals surface area contributed by atoms with Crippen LogP contribution in [0.1, 0.15) is 26.4 Å². The Labute approximate surface area is 191 Å². The minimum Gasteiger partial charge on any atom is -0.396 e. The zero-order valence-electron chi connectivity index (χ0n) is 16.2. The van der Waals surface area contributed by atoms with E-state index < -0.39 is 16.6 Å². The summed E-state index contributed by atoms with van der Waals surface area (Å²) in [6.45, 7) is 0. The van der Waals surface area contributed by atoms with Gasteiger partial charge in [0.1, 0.15) is 5.69 Å². The number of aromatic nitrogens is 1. The number of halogens is 2. The summed E-state index contributed by atoms with van der Waals surface area (Å²) in [7, 11) is 0. The molecule has 0 saturated heterocycles. The molecule has 0 radical (unpaired) electrons. The Kier molecular flexibility index (Phi) is 5.56. The number of carbonyl (C=O) groups is 2. The molecule has 0 atom stereocenters. The summed E-state index contributed by atoms with van der Waals surface area (Å²) in [6.07, 6.45) is 1.60.